The Morgan fingerprint density at radius 2 is 1.42 bits per heavy atom. The highest BCUT2D eigenvalue weighted by Crippen LogP contribution is 2.37. The summed E-state index contributed by atoms with van der Waals surface area (Å²) >= 11 is 0. The minimum absolute atomic E-state index is 0.00836. The molecule has 3 unspecified atom stereocenters. The van der Waals surface area contributed by atoms with Crippen LogP contribution in [0.1, 0.15) is 37.0 Å². The zero-order valence-electron chi connectivity index (χ0n) is 19.2. The lowest BCUT2D eigenvalue weighted by Crippen LogP contribution is -2.46. The number of carbonyl (C=O) groups is 1. The van der Waals surface area contributed by atoms with Crippen LogP contribution < -0.4 is 0 Å². The lowest BCUT2D eigenvalue weighted by Gasteiger charge is -2.41. The molecule has 5 atom stereocenters. The highest BCUT2D eigenvalue weighted by molar-refractivity contribution is 6.13. The van der Waals surface area contributed by atoms with Gasteiger partial charge in [-0.3, -0.25) is 4.99 Å². The molecule has 4 heteroatoms. The van der Waals surface area contributed by atoms with Crippen LogP contribution in [0, 0.1) is 11.8 Å². The lowest BCUT2D eigenvalue weighted by molar-refractivity contribution is -0.145. The molecule has 170 valence electrons. The number of carboxylic acids is 1. The van der Waals surface area contributed by atoms with Gasteiger partial charge in [0.1, 0.15) is 0 Å². The third-order valence-electron chi connectivity index (χ3n) is 6.54. The molecule has 0 aliphatic carbocycles. The number of benzene rings is 3. The maximum absolute atomic E-state index is 12.7. The molecule has 3 aromatic rings. The summed E-state index contributed by atoms with van der Waals surface area (Å²) < 4.78 is 6.16. The molecule has 1 saturated heterocycles. The Morgan fingerprint density at radius 1 is 0.909 bits per heavy atom. The fourth-order valence-electron chi connectivity index (χ4n) is 4.98. The molecule has 1 N–H and O–H groups in total. The van der Waals surface area contributed by atoms with Crippen molar-refractivity contribution in [2.45, 2.75) is 44.9 Å². The van der Waals surface area contributed by atoms with Gasteiger partial charge in [0.05, 0.1) is 17.9 Å². The van der Waals surface area contributed by atoms with Crippen molar-refractivity contribution in [2.75, 3.05) is 0 Å². The summed E-state index contributed by atoms with van der Waals surface area (Å²) in [5.41, 5.74) is 3.75. The van der Waals surface area contributed by atoms with Gasteiger partial charge < -0.3 is 9.84 Å². The smallest absolute Gasteiger partial charge is 0.328 e. The number of rotatable bonds is 7. The predicted molar refractivity (Wildman–Crippen MR) is 132 cm³/mol. The second-order valence-corrected chi connectivity index (χ2v) is 8.90. The Balaban J connectivity index is 1.76. The monoisotopic (exact) mass is 441 g/mol. The number of hydrogen-bond acceptors (Lipinski definition) is 3. The van der Waals surface area contributed by atoms with Crippen LogP contribution in [0.5, 0.6) is 0 Å². The summed E-state index contributed by atoms with van der Waals surface area (Å²) in [5.74, 6) is -0.964. The van der Waals surface area contributed by atoms with Gasteiger partial charge in [-0.25, -0.2) is 4.79 Å². The Morgan fingerprint density at radius 3 is 1.94 bits per heavy atom. The quantitative estimate of drug-likeness (QED) is 0.482. The molecule has 4 rings (SSSR count). The molecule has 1 aliphatic heterocycles. The average molecular weight is 442 g/mol. The zero-order valence-corrected chi connectivity index (χ0v) is 19.2. The van der Waals surface area contributed by atoms with Gasteiger partial charge in [-0.05, 0) is 38.2 Å². The van der Waals surface area contributed by atoms with Crippen LogP contribution >= 0.6 is 0 Å². The molecule has 0 bridgehead atoms. The standard InChI is InChI=1S/C29H31NO3/c1-20-18-26(25(21(2)33-20)19-22-12-6-3-7-13-22)28(29(31)32)30-27(23-14-8-4-9-15-23)24-16-10-5-11-17-24/h3-17,20-21,25-26,28H,18-19H2,1-2H3,(H,31,32)/t20-,21-,25?,26?,28?/m1/s1. The first-order valence-electron chi connectivity index (χ1n) is 11.6. The zero-order chi connectivity index (χ0) is 23.2. The number of ether oxygens (including phenoxy) is 1. The van der Waals surface area contributed by atoms with Crippen molar-refractivity contribution in [2.24, 2.45) is 16.8 Å². The van der Waals surface area contributed by atoms with Crippen LogP contribution in [-0.2, 0) is 16.0 Å². The molecule has 0 aromatic heterocycles. The van der Waals surface area contributed by atoms with Crippen LogP contribution in [0.2, 0.25) is 0 Å². The van der Waals surface area contributed by atoms with Crippen molar-refractivity contribution in [3.05, 3.63) is 108 Å². The number of aliphatic imine (C=N–C) groups is 1. The fourth-order valence-corrected chi connectivity index (χ4v) is 4.98. The van der Waals surface area contributed by atoms with Gasteiger partial charge in [-0.1, -0.05) is 91.0 Å². The topological polar surface area (TPSA) is 58.9 Å². The third-order valence-corrected chi connectivity index (χ3v) is 6.54. The predicted octanol–water partition coefficient (Wildman–Crippen LogP) is 5.65. The van der Waals surface area contributed by atoms with Crippen molar-refractivity contribution >= 4 is 11.7 Å². The molecule has 3 aromatic carbocycles. The largest absolute Gasteiger partial charge is 0.480 e. The molecule has 0 spiro atoms. The maximum atomic E-state index is 12.7. The molecular formula is C29H31NO3. The summed E-state index contributed by atoms with van der Waals surface area (Å²) in [4.78, 5) is 17.6. The van der Waals surface area contributed by atoms with E-state index in [4.69, 9.17) is 9.73 Å². The molecule has 0 saturated carbocycles. The highest BCUT2D eigenvalue weighted by atomic mass is 16.5. The van der Waals surface area contributed by atoms with Crippen LogP contribution in [0.15, 0.2) is 96.0 Å². The van der Waals surface area contributed by atoms with Gasteiger partial charge in [0.25, 0.3) is 0 Å². The van der Waals surface area contributed by atoms with Gasteiger partial charge in [-0.2, -0.15) is 0 Å². The minimum atomic E-state index is -0.885. The van der Waals surface area contributed by atoms with Gasteiger partial charge in [0.15, 0.2) is 6.04 Å². The summed E-state index contributed by atoms with van der Waals surface area (Å²) in [6.07, 6.45) is 1.38. The van der Waals surface area contributed by atoms with Crippen LogP contribution in [-0.4, -0.2) is 35.0 Å². The third kappa shape index (κ3) is 5.58. The van der Waals surface area contributed by atoms with Crippen molar-refractivity contribution in [3.8, 4) is 0 Å². The molecular weight excluding hydrogens is 410 g/mol. The first kappa shape index (κ1) is 22.9. The van der Waals surface area contributed by atoms with E-state index in [0.29, 0.717) is 12.1 Å². The van der Waals surface area contributed by atoms with E-state index in [1.165, 1.54) is 5.56 Å². The van der Waals surface area contributed by atoms with Crippen molar-refractivity contribution in [1.82, 2.24) is 0 Å². The van der Waals surface area contributed by atoms with E-state index in [1.807, 2.05) is 85.8 Å². The SMILES string of the molecule is C[C@@H]1CC(C(N=C(c2ccccc2)c2ccccc2)C(=O)O)C(Cc2ccccc2)[C@@H](C)O1. The molecule has 1 aliphatic rings. The number of nitrogens with zero attached hydrogens (tertiary/aromatic N) is 1. The van der Waals surface area contributed by atoms with E-state index in [0.717, 1.165) is 17.5 Å². The Labute approximate surface area is 196 Å². The van der Waals surface area contributed by atoms with Crippen LogP contribution in [0.3, 0.4) is 0 Å². The Bertz CT molecular complexity index is 1020. The van der Waals surface area contributed by atoms with Gasteiger partial charge >= 0.3 is 5.97 Å². The van der Waals surface area contributed by atoms with E-state index in [2.05, 4.69) is 19.1 Å². The lowest BCUT2D eigenvalue weighted by atomic mass is 9.74. The van der Waals surface area contributed by atoms with Crippen LogP contribution in [0.4, 0.5) is 0 Å². The highest BCUT2D eigenvalue weighted by Gasteiger charge is 2.42. The maximum Gasteiger partial charge on any atom is 0.328 e. The first-order chi connectivity index (χ1) is 16.0. The molecule has 0 amide bonds. The van der Waals surface area contributed by atoms with Crippen molar-refractivity contribution < 1.29 is 14.6 Å². The van der Waals surface area contributed by atoms with Gasteiger partial charge in [-0.15, -0.1) is 0 Å². The number of carboxylic acid groups (broad SMARTS) is 1. The molecule has 1 fully saturated rings. The van der Waals surface area contributed by atoms with E-state index >= 15 is 0 Å². The van der Waals surface area contributed by atoms with Gasteiger partial charge in [0.2, 0.25) is 0 Å². The summed E-state index contributed by atoms with van der Waals surface area (Å²) in [6, 6.07) is 29.1. The summed E-state index contributed by atoms with van der Waals surface area (Å²) in [5, 5.41) is 10.4. The van der Waals surface area contributed by atoms with Crippen molar-refractivity contribution in [3.63, 3.8) is 0 Å². The van der Waals surface area contributed by atoms with Crippen LogP contribution in [0.25, 0.3) is 0 Å². The van der Waals surface area contributed by atoms with Crippen molar-refractivity contribution in [1.29, 1.82) is 0 Å². The molecule has 4 nitrogen and oxygen atoms in total. The Hall–Kier alpha value is -3.24. The second kappa shape index (κ2) is 10.6. The average Bonchev–Trinajstić information content (AvgIpc) is 2.83. The number of aliphatic carboxylic acids is 1. The fraction of sp³-hybridized carbons (Fsp3) is 0.310. The van der Waals surface area contributed by atoms with E-state index in [1.54, 1.807) is 0 Å². The van der Waals surface area contributed by atoms with E-state index in [9.17, 15) is 9.90 Å². The van der Waals surface area contributed by atoms with E-state index < -0.39 is 12.0 Å². The summed E-state index contributed by atoms with van der Waals surface area (Å²) in [6.45, 7) is 4.09. The molecule has 33 heavy (non-hydrogen) atoms. The second-order valence-electron chi connectivity index (χ2n) is 8.90. The van der Waals surface area contributed by atoms with E-state index in [-0.39, 0.29) is 24.0 Å². The Kier molecular flexibility index (Phi) is 7.36. The first-order valence-corrected chi connectivity index (χ1v) is 11.6. The minimum Gasteiger partial charge on any atom is -0.480 e. The molecule has 1 heterocycles. The number of hydrogen-bond donors (Lipinski definition) is 1. The summed E-state index contributed by atoms with van der Waals surface area (Å²) in [7, 11) is 0. The normalized spacial score (nSPS) is 23.5. The molecule has 0 radical (unpaired) electrons. The van der Waals surface area contributed by atoms with Gasteiger partial charge in [0, 0.05) is 17.0 Å².